The summed E-state index contributed by atoms with van der Waals surface area (Å²) in [7, 11) is 0. The van der Waals surface area contributed by atoms with Gasteiger partial charge in [-0.15, -0.1) is 11.6 Å². The second kappa shape index (κ2) is 5.83. The highest BCUT2D eigenvalue weighted by molar-refractivity contribution is 9.10. The third-order valence-electron chi connectivity index (χ3n) is 2.24. The summed E-state index contributed by atoms with van der Waals surface area (Å²) in [4.78, 5) is 0. The van der Waals surface area contributed by atoms with Crippen LogP contribution in [0.3, 0.4) is 0 Å². The molecule has 0 fully saturated rings. The van der Waals surface area contributed by atoms with Crippen molar-refractivity contribution in [2.24, 2.45) is 0 Å². The van der Waals surface area contributed by atoms with Gasteiger partial charge in [-0.05, 0) is 40.5 Å². The zero-order chi connectivity index (χ0) is 14.8. The molecule has 8 heteroatoms. The summed E-state index contributed by atoms with van der Waals surface area (Å²) < 4.78 is 68.2. The average molecular weight is 368 g/mol. The lowest BCUT2D eigenvalue weighted by molar-refractivity contribution is -0.283. The van der Waals surface area contributed by atoms with E-state index < -0.39 is 17.5 Å². The van der Waals surface area contributed by atoms with Crippen LogP contribution in [-0.4, -0.2) is 18.7 Å². The van der Waals surface area contributed by atoms with Crippen molar-refractivity contribution < 1.29 is 26.7 Å². The maximum absolute atomic E-state index is 13.1. The Balaban J connectivity index is 3.07. The van der Waals surface area contributed by atoms with E-state index in [4.69, 9.17) is 16.3 Å². The molecule has 0 spiro atoms. The number of benzene rings is 1. The van der Waals surface area contributed by atoms with Gasteiger partial charge in [0.25, 0.3) is 0 Å². The number of ether oxygens (including phenoxy) is 1. The second-order valence-electron chi connectivity index (χ2n) is 3.61. The molecule has 0 N–H and O–H groups in total. The van der Waals surface area contributed by atoms with E-state index in [1.165, 1.54) is 6.07 Å². The van der Waals surface area contributed by atoms with Gasteiger partial charge >= 0.3 is 12.1 Å². The maximum Gasteiger partial charge on any atom is 0.455 e. The van der Waals surface area contributed by atoms with Crippen LogP contribution >= 0.6 is 27.5 Å². The van der Waals surface area contributed by atoms with E-state index in [1.807, 2.05) is 0 Å². The van der Waals surface area contributed by atoms with Crippen molar-refractivity contribution in [2.75, 3.05) is 6.61 Å². The van der Waals surface area contributed by atoms with E-state index in [9.17, 15) is 22.0 Å². The van der Waals surface area contributed by atoms with Gasteiger partial charge in [-0.1, -0.05) is 6.07 Å². The number of hydrogen-bond acceptors (Lipinski definition) is 1. The quantitative estimate of drug-likeness (QED) is 0.516. The zero-order valence-corrected chi connectivity index (χ0v) is 11.9. The first-order valence-corrected chi connectivity index (χ1v) is 6.35. The van der Waals surface area contributed by atoms with Gasteiger partial charge in [0.1, 0.15) is 11.1 Å². The molecular weight excluding hydrogens is 358 g/mol. The van der Waals surface area contributed by atoms with Crippen LogP contribution in [0.4, 0.5) is 22.0 Å². The van der Waals surface area contributed by atoms with Crippen LogP contribution in [0.5, 0.6) is 5.75 Å². The lowest BCUT2D eigenvalue weighted by Crippen LogP contribution is -2.40. The van der Waals surface area contributed by atoms with Crippen molar-refractivity contribution in [3.63, 3.8) is 0 Å². The van der Waals surface area contributed by atoms with Crippen molar-refractivity contribution >= 4 is 27.5 Å². The summed E-state index contributed by atoms with van der Waals surface area (Å²) in [5, 5.41) is -2.50. The molecule has 0 amide bonds. The Morgan fingerprint density at radius 1 is 1.26 bits per heavy atom. The van der Waals surface area contributed by atoms with Gasteiger partial charge in [0.15, 0.2) is 0 Å². The fourth-order valence-corrected chi connectivity index (χ4v) is 2.07. The summed E-state index contributed by atoms with van der Waals surface area (Å²) >= 11 is 8.28. The van der Waals surface area contributed by atoms with Crippen LogP contribution in [0.25, 0.3) is 0 Å². The molecule has 108 valence electrons. The Morgan fingerprint density at radius 3 is 2.26 bits per heavy atom. The average Bonchev–Trinajstić information content (AvgIpc) is 2.29. The molecular formula is C11H9BrClF5O. The first kappa shape index (κ1) is 16.5. The van der Waals surface area contributed by atoms with Crippen LogP contribution in [0.15, 0.2) is 22.7 Å². The van der Waals surface area contributed by atoms with Crippen LogP contribution in [0, 0.1) is 0 Å². The van der Waals surface area contributed by atoms with E-state index in [-0.39, 0.29) is 10.0 Å². The minimum Gasteiger partial charge on any atom is -0.493 e. The van der Waals surface area contributed by atoms with Gasteiger partial charge in [-0.2, -0.15) is 22.0 Å². The van der Waals surface area contributed by atoms with Crippen molar-refractivity contribution in [3.8, 4) is 5.75 Å². The second-order valence-corrected chi connectivity index (χ2v) is 4.90. The number of halogens is 7. The van der Waals surface area contributed by atoms with Crippen molar-refractivity contribution in [2.45, 2.75) is 24.4 Å². The SMILES string of the molecule is CCOc1ccc(C(Cl)C(F)(F)C(F)(F)F)cc1Br. The molecule has 0 aliphatic rings. The topological polar surface area (TPSA) is 9.23 Å². The van der Waals surface area contributed by atoms with Crippen LogP contribution in [0.2, 0.25) is 0 Å². The van der Waals surface area contributed by atoms with Crippen LogP contribution < -0.4 is 4.74 Å². The Labute approximate surface area is 119 Å². The van der Waals surface area contributed by atoms with Crippen molar-refractivity contribution in [3.05, 3.63) is 28.2 Å². The molecule has 0 heterocycles. The minimum absolute atomic E-state index is 0.260. The van der Waals surface area contributed by atoms with Gasteiger partial charge in [-0.3, -0.25) is 0 Å². The zero-order valence-electron chi connectivity index (χ0n) is 9.57. The largest absolute Gasteiger partial charge is 0.493 e. The highest BCUT2D eigenvalue weighted by Gasteiger charge is 2.62. The van der Waals surface area contributed by atoms with Crippen molar-refractivity contribution in [1.82, 2.24) is 0 Å². The predicted molar refractivity (Wildman–Crippen MR) is 64.9 cm³/mol. The predicted octanol–water partition coefficient (Wildman–Crippen LogP) is 5.33. The number of hydrogen-bond donors (Lipinski definition) is 0. The van der Waals surface area contributed by atoms with E-state index in [0.29, 0.717) is 12.4 Å². The molecule has 0 aromatic heterocycles. The molecule has 0 aliphatic carbocycles. The molecule has 1 rings (SSSR count). The number of alkyl halides is 6. The maximum atomic E-state index is 13.1. The summed E-state index contributed by atoms with van der Waals surface area (Å²) in [6.45, 7) is 2.05. The molecule has 0 saturated heterocycles. The van der Waals surface area contributed by atoms with Gasteiger partial charge in [0, 0.05) is 0 Å². The van der Waals surface area contributed by atoms with Gasteiger partial charge in [-0.25, -0.2) is 0 Å². The Bertz CT molecular complexity index is 449. The third kappa shape index (κ3) is 3.51. The molecule has 0 radical (unpaired) electrons. The lowest BCUT2D eigenvalue weighted by atomic mass is 10.1. The molecule has 0 aliphatic heterocycles. The first-order chi connectivity index (χ1) is 8.61. The Kier molecular flexibility index (Phi) is 5.06. The van der Waals surface area contributed by atoms with E-state index in [0.717, 1.165) is 12.1 Å². The fraction of sp³-hybridized carbons (Fsp3) is 0.455. The van der Waals surface area contributed by atoms with Gasteiger partial charge < -0.3 is 4.74 Å². The van der Waals surface area contributed by atoms with E-state index in [1.54, 1.807) is 6.92 Å². The highest BCUT2D eigenvalue weighted by Crippen LogP contribution is 2.48. The third-order valence-corrected chi connectivity index (χ3v) is 3.39. The minimum atomic E-state index is -5.70. The first-order valence-electron chi connectivity index (χ1n) is 5.12. The smallest absolute Gasteiger partial charge is 0.455 e. The molecule has 0 saturated carbocycles. The normalized spacial score (nSPS) is 14.3. The molecule has 19 heavy (non-hydrogen) atoms. The Hall–Kier alpha value is -0.560. The molecule has 1 nitrogen and oxygen atoms in total. The van der Waals surface area contributed by atoms with Crippen LogP contribution in [0.1, 0.15) is 17.9 Å². The summed E-state index contributed by atoms with van der Waals surface area (Å²) in [6, 6.07) is 3.44. The Morgan fingerprint density at radius 2 is 1.84 bits per heavy atom. The summed E-state index contributed by atoms with van der Waals surface area (Å²) in [5.74, 6) is -4.67. The van der Waals surface area contributed by atoms with Gasteiger partial charge in [0.05, 0.1) is 11.1 Å². The molecule has 1 atom stereocenters. The van der Waals surface area contributed by atoms with Crippen LogP contribution in [-0.2, 0) is 0 Å². The monoisotopic (exact) mass is 366 g/mol. The lowest BCUT2D eigenvalue weighted by Gasteiger charge is -2.24. The number of rotatable bonds is 4. The fourth-order valence-electron chi connectivity index (χ4n) is 1.30. The summed E-state index contributed by atoms with van der Waals surface area (Å²) in [5.41, 5.74) is -0.348. The van der Waals surface area contributed by atoms with Crippen molar-refractivity contribution in [1.29, 1.82) is 0 Å². The summed E-state index contributed by atoms with van der Waals surface area (Å²) in [6.07, 6.45) is -5.70. The van der Waals surface area contributed by atoms with E-state index in [2.05, 4.69) is 15.9 Å². The molecule has 1 aromatic rings. The molecule has 1 unspecified atom stereocenters. The standard InChI is InChI=1S/C11H9BrClF5O/c1-2-19-8-4-3-6(5-7(8)12)9(13)10(14,15)11(16,17)18/h3-5,9H,2H2,1H3. The highest BCUT2D eigenvalue weighted by atomic mass is 79.9. The molecule has 1 aromatic carbocycles. The van der Waals surface area contributed by atoms with E-state index >= 15 is 0 Å². The van der Waals surface area contributed by atoms with Gasteiger partial charge in [0.2, 0.25) is 0 Å². The molecule has 0 bridgehead atoms.